The number of aromatic hydroxyl groups is 1. The molecule has 2 rings (SSSR count). The number of hydrogen-bond acceptors (Lipinski definition) is 3. The maximum absolute atomic E-state index is 11.0. The molecule has 1 aromatic rings. The molecule has 7 heteroatoms. The lowest BCUT2D eigenvalue weighted by Gasteiger charge is -2.15. The van der Waals surface area contributed by atoms with Crippen LogP contribution in [0.1, 0.15) is 24.8 Å². The number of nitrogens with zero attached hydrogens (tertiary/aromatic N) is 1. The second kappa shape index (κ2) is 6.92. The van der Waals surface area contributed by atoms with Gasteiger partial charge in [0.2, 0.25) is 0 Å². The fraction of sp³-hybridized carbons (Fsp3) is 0.267. The van der Waals surface area contributed by atoms with Gasteiger partial charge in [-0.15, -0.1) is 0 Å². The van der Waals surface area contributed by atoms with Crippen molar-refractivity contribution in [3.8, 4) is 5.75 Å². The summed E-state index contributed by atoms with van der Waals surface area (Å²) in [6.07, 6.45) is 5.21. The Kier molecular flexibility index (Phi) is 5.19. The Morgan fingerprint density at radius 2 is 1.95 bits per heavy atom. The van der Waals surface area contributed by atoms with Crippen molar-refractivity contribution in [2.24, 2.45) is 4.76 Å². The predicted octanol–water partition coefficient (Wildman–Crippen LogP) is 3.02. The number of benzene rings is 1. The van der Waals surface area contributed by atoms with Crippen molar-refractivity contribution in [1.82, 2.24) is 0 Å². The standard InChI is InChI=1S/C15H18NO5P/c17-12-6-1-4-11(10-12)5-2-7-13-14(16-22(19,20)21)8-3-9-15(13)18/h1,3-4,6,9-10,17-18H,2,5,7-8H2,(H2,19,20,21). The molecule has 0 aromatic heterocycles. The number of hydrogen-bond donors (Lipinski definition) is 4. The molecular formula is C15H18NO5P. The molecule has 0 fully saturated rings. The van der Waals surface area contributed by atoms with Crippen LogP contribution in [0, 0.1) is 0 Å². The highest BCUT2D eigenvalue weighted by atomic mass is 31.2. The highest BCUT2D eigenvalue weighted by molar-refractivity contribution is 7.50. The van der Waals surface area contributed by atoms with Crippen molar-refractivity contribution in [3.63, 3.8) is 0 Å². The van der Waals surface area contributed by atoms with Crippen LogP contribution in [0.5, 0.6) is 5.75 Å². The smallest absolute Gasteiger partial charge is 0.448 e. The van der Waals surface area contributed by atoms with Crippen molar-refractivity contribution in [2.75, 3.05) is 0 Å². The molecule has 0 spiro atoms. The monoisotopic (exact) mass is 323 g/mol. The van der Waals surface area contributed by atoms with E-state index in [4.69, 9.17) is 9.79 Å². The van der Waals surface area contributed by atoms with E-state index in [2.05, 4.69) is 4.76 Å². The van der Waals surface area contributed by atoms with E-state index >= 15 is 0 Å². The quantitative estimate of drug-likeness (QED) is 0.623. The minimum absolute atomic E-state index is 0.00522. The highest BCUT2D eigenvalue weighted by Gasteiger charge is 2.19. The van der Waals surface area contributed by atoms with Crippen LogP contribution in [0.15, 0.2) is 52.5 Å². The molecule has 6 nitrogen and oxygen atoms in total. The molecule has 22 heavy (non-hydrogen) atoms. The summed E-state index contributed by atoms with van der Waals surface area (Å²) in [5.41, 5.74) is 1.65. The number of phenolic OH excluding ortho intramolecular Hbond substituents is 1. The van der Waals surface area contributed by atoms with E-state index < -0.39 is 7.75 Å². The van der Waals surface area contributed by atoms with Crippen LogP contribution >= 0.6 is 7.75 Å². The van der Waals surface area contributed by atoms with Gasteiger partial charge < -0.3 is 20.0 Å². The van der Waals surface area contributed by atoms with Crippen LogP contribution in [0.25, 0.3) is 0 Å². The van der Waals surface area contributed by atoms with Gasteiger partial charge in [-0.25, -0.2) is 4.57 Å². The van der Waals surface area contributed by atoms with Gasteiger partial charge in [0.15, 0.2) is 0 Å². The maximum atomic E-state index is 11.0. The molecule has 0 atom stereocenters. The Balaban J connectivity index is 2.07. The lowest BCUT2D eigenvalue weighted by atomic mass is 9.95. The van der Waals surface area contributed by atoms with Crippen molar-refractivity contribution < 1.29 is 24.6 Å². The fourth-order valence-corrected chi connectivity index (χ4v) is 2.88. The van der Waals surface area contributed by atoms with Gasteiger partial charge in [-0.2, -0.15) is 4.76 Å². The van der Waals surface area contributed by atoms with Gasteiger partial charge in [0.05, 0.1) is 5.71 Å². The van der Waals surface area contributed by atoms with Crippen LogP contribution in [-0.2, 0) is 11.0 Å². The second-order valence-corrected chi connectivity index (χ2v) is 6.28. The van der Waals surface area contributed by atoms with Crippen molar-refractivity contribution in [3.05, 3.63) is 53.3 Å². The molecule has 0 aliphatic heterocycles. The summed E-state index contributed by atoms with van der Waals surface area (Å²) in [7, 11) is -4.52. The van der Waals surface area contributed by atoms with Gasteiger partial charge in [-0.05, 0) is 43.0 Å². The largest absolute Gasteiger partial charge is 0.508 e. The van der Waals surface area contributed by atoms with Crippen molar-refractivity contribution in [1.29, 1.82) is 0 Å². The summed E-state index contributed by atoms with van der Waals surface area (Å²) in [5.74, 6) is 0.193. The lowest BCUT2D eigenvalue weighted by Crippen LogP contribution is -2.09. The molecule has 0 saturated carbocycles. The molecular weight excluding hydrogens is 305 g/mol. The Morgan fingerprint density at radius 3 is 2.64 bits per heavy atom. The van der Waals surface area contributed by atoms with Gasteiger partial charge in [-0.3, -0.25) is 0 Å². The van der Waals surface area contributed by atoms with E-state index in [1.165, 1.54) is 6.08 Å². The first-order chi connectivity index (χ1) is 10.3. The third kappa shape index (κ3) is 4.84. The van der Waals surface area contributed by atoms with E-state index in [-0.39, 0.29) is 23.6 Å². The first kappa shape index (κ1) is 16.5. The third-order valence-electron chi connectivity index (χ3n) is 3.30. The Morgan fingerprint density at radius 1 is 1.18 bits per heavy atom. The van der Waals surface area contributed by atoms with Crippen LogP contribution in [-0.4, -0.2) is 25.7 Å². The molecule has 0 radical (unpaired) electrons. The highest BCUT2D eigenvalue weighted by Crippen LogP contribution is 2.38. The zero-order valence-corrected chi connectivity index (χ0v) is 12.8. The molecule has 0 saturated heterocycles. The van der Waals surface area contributed by atoms with Crippen LogP contribution in [0.3, 0.4) is 0 Å². The Bertz CT molecular complexity index is 687. The summed E-state index contributed by atoms with van der Waals surface area (Å²) in [5, 5.41) is 19.3. The minimum atomic E-state index is -4.52. The molecule has 0 bridgehead atoms. The maximum Gasteiger partial charge on any atom is 0.448 e. The number of aliphatic hydroxyl groups is 1. The molecule has 4 N–H and O–H groups in total. The average molecular weight is 323 g/mol. The van der Waals surface area contributed by atoms with Gasteiger partial charge in [0.1, 0.15) is 11.5 Å². The first-order valence-corrected chi connectivity index (χ1v) is 8.43. The number of phenols is 1. The molecule has 118 valence electrons. The fourth-order valence-electron chi connectivity index (χ4n) is 2.37. The normalized spacial score (nSPS) is 17.3. The predicted molar refractivity (Wildman–Crippen MR) is 83.9 cm³/mol. The molecule has 0 heterocycles. The zero-order valence-electron chi connectivity index (χ0n) is 11.9. The zero-order chi connectivity index (χ0) is 16.2. The number of rotatable bonds is 5. The average Bonchev–Trinajstić information content (AvgIpc) is 2.40. The van der Waals surface area contributed by atoms with Gasteiger partial charge >= 0.3 is 7.75 Å². The Labute approximate surface area is 128 Å². The summed E-state index contributed by atoms with van der Waals surface area (Å²) >= 11 is 0. The molecule has 1 aliphatic rings. The third-order valence-corrected chi connectivity index (χ3v) is 3.80. The van der Waals surface area contributed by atoms with Crippen LogP contribution in [0.4, 0.5) is 0 Å². The topological polar surface area (TPSA) is 110 Å². The van der Waals surface area contributed by atoms with Gasteiger partial charge in [-0.1, -0.05) is 18.2 Å². The van der Waals surface area contributed by atoms with Crippen molar-refractivity contribution >= 4 is 13.5 Å². The van der Waals surface area contributed by atoms with E-state index in [1.807, 2.05) is 6.07 Å². The van der Waals surface area contributed by atoms with Gasteiger partial charge in [0.25, 0.3) is 0 Å². The summed E-state index contributed by atoms with van der Waals surface area (Å²) in [6.45, 7) is 0. The first-order valence-electron chi connectivity index (χ1n) is 6.87. The van der Waals surface area contributed by atoms with E-state index in [0.29, 0.717) is 24.8 Å². The van der Waals surface area contributed by atoms with Crippen molar-refractivity contribution in [2.45, 2.75) is 25.7 Å². The van der Waals surface area contributed by atoms with Crippen LogP contribution in [0.2, 0.25) is 0 Å². The summed E-state index contributed by atoms with van der Waals surface area (Å²) in [4.78, 5) is 18.0. The number of allylic oxidation sites excluding steroid dienone is 3. The molecule has 0 unspecified atom stereocenters. The second-order valence-electron chi connectivity index (χ2n) is 5.05. The minimum Gasteiger partial charge on any atom is -0.508 e. The summed E-state index contributed by atoms with van der Waals surface area (Å²) in [6, 6.07) is 6.90. The van der Waals surface area contributed by atoms with E-state index in [1.54, 1.807) is 24.3 Å². The molecule has 1 aromatic carbocycles. The molecule has 0 amide bonds. The van der Waals surface area contributed by atoms with E-state index in [9.17, 15) is 14.8 Å². The van der Waals surface area contributed by atoms with Crippen LogP contribution < -0.4 is 0 Å². The SMILES string of the molecule is O=P(O)(O)N=C1CC=CC(O)=C1CCCc1cccc(O)c1. The molecule has 1 aliphatic carbocycles. The number of aryl methyl sites for hydroxylation is 1. The number of aliphatic hydroxyl groups excluding tert-OH is 1. The Hall–Kier alpha value is -1.88. The lowest BCUT2D eigenvalue weighted by molar-refractivity contribution is 0.375. The van der Waals surface area contributed by atoms with E-state index in [0.717, 1.165) is 5.56 Å². The van der Waals surface area contributed by atoms with Gasteiger partial charge in [0, 0.05) is 12.0 Å². The summed E-state index contributed by atoms with van der Waals surface area (Å²) < 4.78 is 14.4.